The minimum absolute atomic E-state index is 0.0411. The summed E-state index contributed by atoms with van der Waals surface area (Å²) in [6, 6.07) is 0. The van der Waals surface area contributed by atoms with Gasteiger partial charge in [-0.05, 0) is 55.3 Å². The maximum Gasteiger partial charge on any atom is 0.303 e. The van der Waals surface area contributed by atoms with Gasteiger partial charge in [0.2, 0.25) is 5.78 Å². The van der Waals surface area contributed by atoms with E-state index in [1.54, 1.807) is 0 Å². The lowest BCUT2D eigenvalue weighted by Crippen LogP contribution is -2.64. The highest BCUT2D eigenvalue weighted by Crippen LogP contribution is 2.67. The summed E-state index contributed by atoms with van der Waals surface area (Å²) in [7, 11) is 0. The van der Waals surface area contributed by atoms with Gasteiger partial charge in [0.05, 0.1) is 9.65 Å². The zero-order valence-corrected chi connectivity index (χ0v) is 21.3. The highest BCUT2D eigenvalue weighted by molar-refractivity contribution is 9.10. The van der Waals surface area contributed by atoms with Gasteiger partial charge in [0.15, 0.2) is 12.4 Å². The molecule has 31 heavy (non-hydrogen) atoms. The van der Waals surface area contributed by atoms with Crippen molar-refractivity contribution in [2.75, 3.05) is 6.61 Å². The maximum absolute atomic E-state index is 13.7. The quantitative estimate of drug-likeness (QED) is 0.419. The van der Waals surface area contributed by atoms with Crippen LogP contribution in [0.3, 0.4) is 0 Å². The number of halogens is 2. The molecule has 6 nitrogen and oxygen atoms in total. The number of ether oxygens (including phenoxy) is 1. The van der Waals surface area contributed by atoms with Crippen molar-refractivity contribution in [2.24, 2.45) is 34.5 Å². The molecule has 0 aliphatic heterocycles. The molecule has 0 heterocycles. The Kier molecular flexibility index (Phi) is 5.87. The van der Waals surface area contributed by atoms with Crippen molar-refractivity contribution in [1.82, 2.24) is 0 Å². The van der Waals surface area contributed by atoms with Gasteiger partial charge in [-0.2, -0.15) is 0 Å². The first-order chi connectivity index (χ1) is 14.4. The summed E-state index contributed by atoms with van der Waals surface area (Å²) in [6.45, 7) is 4.78. The molecule has 9 atom stereocenters. The van der Waals surface area contributed by atoms with Crippen LogP contribution in [0.15, 0.2) is 0 Å². The fourth-order valence-corrected chi connectivity index (χ4v) is 10.2. The number of hydrogen-bond acceptors (Lipinski definition) is 6. The Balaban J connectivity index is 1.66. The van der Waals surface area contributed by atoms with Gasteiger partial charge in [-0.1, -0.05) is 45.7 Å². The molecule has 4 aliphatic rings. The molecule has 4 aliphatic carbocycles. The topological polar surface area (TPSA) is 97.7 Å². The molecule has 0 bridgehead atoms. The van der Waals surface area contributed by atoms with Gasteiger partial charge in [0, 0.05) is 24.7 Å². The zero-order chi connectivity index (χ0) is 22.9. The van der Waals surface area contributed by atoms with Crippen molar-refractivity contribution in [3.8, 4) is 0 Å². The predicted molar refractivity (Wildman–Crippen MR) is 120 cm³/mol. The number of carbonyl (C=O) groups is 4. The Morgan fingerprint density at radius 2 is 1.81 bits per heavy atom. The standard InChI is InChI=1S/C23H30Br2O6/c1-11(26)31-10-17(28)23(30)7-6-13-12-4-5-14-19(25)20(29)15(24)8-21(14,2)18(12)16(27)9-22(13,23)3/h12-15,18-19,30H,4-10H2,1-3H3/t12-,13-,14+,15?,18+,19?,21-,22-,23-/m0/s1. The van der Waals surface area contributed by atoms with Crippen LogP contribution in [-0.4, -0.2) is 50.3 Å². The smallest absolute Gasteiger partial charge is 0.303 e. The van der Waals surface area contributed by atoms with Gasteiger partial charge >= 0.3 is 5.97 Å². The van der Waals surface area contributed by atoms with Gasteiger partial charge < -0.3 is 9.84 Å². The van der Waals surface area contributed by atoms with Gasteiger partial charge in [0.25, 0.3) is 0 Å². The molecule has 8 heteroatoms. The van der Waals surface area contributed by atoms with Crippen LogP contribution in [-0.2, 0) is 23.9 Å². The van der Waals surface area contributed by atoms with Crippen LogP contribution in [0.25, 0.3) is 0 Å². The van der Waals surface area contributed by atoms with Crippen LogP contribution >= 0.6 is 31.9 Å². The summed E-state index contributed by atoms with van der Waals surface area (Å²) in [6.07, 6.45) is 3.38. The summed E-state index contributed by atoms with van der Waals surface area (Å²) in [5, 5.41) is 11.5. The third kappa shape index (κ3) is 3.25. The van der Waals surface area contributed by atoms with Gasteiger partial charge in [-0.15, -0.1) is 0 Å². The van der Waals surface area contributed by atoms with Crippen molar-refractivity contribution in [1.29, 1.82) is 0 Å². The number of hydrogen-bond donors (Lipinski definition) is 1. The molecule has 4 fully saturated rings. The Morgan fingerprint density at radius 3 is 2.45 bits per heavy atom. The molecule has 4 saturated carbocycles. The second-order valence-electron chi connectivity index (χ2n) is 10.6. The first-order valence-corrected chi connectivity index (χ1v) is 12.9. The molecular formula is C23H30Br2O6. The third-order valence-electron chi connectivity index (χ3n) is 9.20. The fraction of sp³-hybridized carbons (Fsp3) is 0.826. The lowest BCUT2D eigenvalue weighted by atomic mass is 9.44. The van der Waals surface area contributed by atoms with Crippen molar-refractivity contribution < 1.29 is 29.0 Å². The number of carbonyl (C=O) groups excluding carboxylic acids is 4. The first-order valence-electron chi connectivity index (χ1n) is 11.1. The van der Waals surface area contributed by atoms with Gasteiger partial charge in [0.1, 0.15) is 11.4 Å². The van der Waals surface area contributed by atoms with Crippen molar-refractivity contribution in [3.05, 3.63) is 0 Å². The molecule has 2 unspecified atom stereocenters. The number of esters is 1. The van der Waals surface area contributed by atoms with Crippen LogP contribution < -0.4 is 0 Å². The van der Waals surface area contributed by atoms with E-state index in [9.17, 15) is 24.3 Å². The SMILES string of the molecule is CC(=O)OCC(=O)[C@@]1(O)CC[C@H]2[C@@H]3CC[C@@H]4C(Br)C(=O)C(Br)C[C@]4(C)[C@H]3C(=O)C[C@@]21C. The number of ketones is 3. The Bertz CT molecular complexity index is 844. The molecule has 0 saturated heterocycles. The van der Waals surface area contributed by atoms with Crippen molar-refractivity contribution >= 4 is 55.2 Å². The van der Waals surface area contributed by atoms with Crippen LogP contribution in [0, 0.1) is 34.5 Å². The normalized spacial score (nSPS) is 49.1. The highest BCUT2D eigenvalue weighted by atomic mass is 79.9. The van der Waals surface area contributed by atoms with Gasteiger partial charge in [-0.25, -0.2) is 0 Å². The van der Waals surface area contributed by atoms with Crippen molar-refractivity contribution in [2.45, 2.75) is 74.6 Å². The van der Waals surface area contributed by atoms with E-state index in [4.69, 9.17) is 4.74 Å². The summed E-state index contributed by atoms with van der Waals surface area (Å²) < 4.78 is 4.88. The lowest BCUT2D eigenvalue weighted by molar-refractivity contribution is -0.179. The van der Waals surface area contributed by atoms with E-state index in [2.05, 4.69) is 38.8 Å². The fourth-order valence-electron chi connectivity index (χ4n) is 7.70. The minimum atomic E-state index is -1.66. The second kappa shape index (κ2) is 7.73. The molecule has 0 aromatic heterocycles. The molecule has 1 N–H and O–H groups in total. The molecule has 0 amide bonds. The lowest BCUT2D eigenvalue weighted by Gasteiger charge is -2.61. The van der Waals surface area contributed by atoms with E-state index < -0.39 is 29.4 Å². The second-order valence-corrected chi connectivity index (χ2v) is 12.7. The summed E-state index contributed by atoms with van der Waals surface area (Å²) in [5.74, 6) is -0.787. The van der Waals surface area contributed by atoms with Crippen LogP contribution in [0.1, 0.15) is 59.3 Å². The van der Waals surface area contributed by atoms with Crippen LogP contribution in [0.2, 0.25) is 0 Å². The van der Waals surface area contributed by atoms with E-state index in [0.29, 0.717) is 12.8 Å². The highest BCUT2D eigenvalue weighted by Gasteiger charge is 2.70. The molecule has 172 valence electrons. The average molecular weight is 562 g/mol. The zero-order valence-electron chi connectivity index (χ0n) is 18.2. The summed E-state index contributed by atoms with van der Waals surface area (Å²) >= 11 is 7.17. The average Bonchev–Trinajstić information content (AvgIpc) is 2.95. The summed E-state index contributed by atoms with van der Waals surface area (Å²) in [5.41, 5.74) is -2.83. The Hall–Kier alpha value is -0.600. The van der Waals surface area contributed by atoms with E-state index >= 15 is 0 Å². The number of Topliss-reactive ketones (excluding diaryl/α,β-unsaturated/α-hetero) is 3. The minimum Gasteiger partial charge on any atom is -0.458 e. The molecule has 0 spiro atoms. The van der Waals surface area contributed by atoms with Crippen molar-refractivity contribution in [3.63, 3.8) is 0 Å². The Labute approximate surface area is 199 Å². The van der Waals surface area contributed by atoms with Crippen LogP contribution in [0.4, 0.5) is 0 Å². The molecule has 0 aromatic carbocycles. The number of rotatable bonds is 3. The van der Waals surface area contributed by atoms with E-state index in [1.807, 2.05) is 6.92 Å². The first kappa shape index (κ1) is 23.6. The molecule has 4 rings (SSSR count). The third-order valence-corrected chi connectivity index (χ3v) is 11.1. The van der Waals surface area contributed by atoms with Crippen LogP contribution in [0.5, 0.6) is 0 Å². The predicted octanol–water partition coefficient (Wildman–Crippen LogP) is 3.39. The largest absolute Gasteiger partial charge is 0.458 e. The number of alkyl halides is 2. The molecule has 0 aromatic rings. The van der Waals surface area contributed by atoms with Gasteiger partial charge in [-0.3, -0.25) is 19.2 Å². The number of aliphatic hydroxyl groups is 1. The van der Waals surface area contributed by atoms with E-state index in [-0.39, 0.29) is 63.1 Å². The van der Waals surface area contributed by atoms with E-state index in [0.717, 1.165) is 12.8 Å². The van der Waals surface area contributed by atoms with E-state index in [1.165, 1.54) is 6.92 Å². The Morgan fingerprint density at radius 1 is 1.13 bits per heavy atom. The summed E-state index contributed by atoms with van der Waals surface area (Å²) in [4.78, 5) is 49.8. The monoisotopic (exact) mass is 560 g/mol. The number of fused-ring (bicyclic) bond motifs is 5. The molecular weight excluding hydrogens is 532 g/mol. The maximum atomic E-state index is 13.7. The molecule has 0 radical (unpaired) electrons.